The molecule has 1 aliphatic rings. The molecule has 2 nitrogen and oxygen atoms in total. The first kappa shape index (κ1) is 9.85. The van der Waals surface area contributed by atoms with E-state index in [9.17, 15) is 4.79 Å². The number of hydrogen-bond donors (Lipinski definition) is 1. The summed E-state index contributed by atoms with van der Waals surface area (Å²) in [6.07, 6.45) is 5.03. The quantitative estimate of drug-likeness (QED) is 0.662. The maximum absolute atomic E-state index is 11.1. The highest BCUT2D eigenvalue weighted by Gasteiger charge is 2.23. The topological polar surface area (TPSA) is 29.1 Å². The summed E-state index contributed by atoms with van der Waals surface area (Å²) in [5.41, 5.74) is 0. The van der Waals surface area contributed by atoms with Crippen molar-refractivity contribution in [1.29, 1.82) is 0 Å². The fourth-order valence-corrected chi connectivity index (χ4v) is 1.90. The molecule has 12 heavy (non-hydrogen) atoms. The highest BCUT2D eigenvalue weighted by molar-refractivity contribution is 6.21. The number of carbonyl (C=O) groups is 1. The van der Waals surface area contributed by atoms with Gasteiger partial charge < -0.3 is 5.32 Å². The van der Waals surface area contributed by atoms with Gasteiger partial charge in [-0.15, -0.1) is 11.6 Å². The van der Waals surface area contributed by atoms with Gasteiger partial charge in [-0.2, -0.15) is 0 Å². The highest BCUT2D eigenvalue weighted by atomic mass is 35.5. The predicted molar refractivity (Wildman–Crippen MR) is 50.3 cm³/mol. The molecule has 1 rings (SSSR count). The molecule has 0 radical (unpaired) electrons. The molecule has 2 atom stereocenters. The van der Waals surface area contributed by atoms with Crippen molar-refractivity contribution in [2.45, 2.75) is 50.4 Å². The van der Waals surface area contributed by atoms with Crippen LogP contribution in [0.25, 0.3) is 0 Å². The standard InChI is InChI=1S/C9H16ClNO/c1-2-9(12)11-8-6-4-3-5-7(8)10/h7-8H,2-6H2,1H3,(H,11,12). The van der Waals surface area contributed by atoms with E-state index in [0.29, 0.717) is 6.42 Å². The molecule has 0 bridgehead atoms. The summed E-state index contributed by atoms with van der Waals surface area (Å²) < 4.78 is 0. The van der Waals surface area contributed by atoms with E-state index in [0.717, 1.165) is 12.8 Å². The monoisotopic (exact) mass is 189 g/mol. The van der Waals surface area contributed by atoms with Crippen molar-refractivity contribution in [2.24, 2.45) is 0 Å². The largest absolute Gasteiger partial charge is 0.352 e. The van der Waals surface area contributed by atoms with E-state index in [2.05, 4.69) is 5.32 Å². The average Bonchev–Trinajstić information content (AvgIpc) is 2.09. The van der Waals surface area contributed by atoms with Gasteiger partial charge in [0, 0.05) is 12.5 Å². The summed E-state index contributed by atoms with van der Waals surface area (Å²) in [5, 5.41) is 3.09. The molecule has 0 aromatic heterocycles. The third-order valence-corrected chi connectivity index (χ3v) is 2.87. The fraction of sp³-hybridized carbons (Fsp3) is 0.889. The number of carbonyl (C=O) groups excluding carboxylic acids is 1. The second kappa shape index (κ2) is 4.70. The summed E-state index contributed by atoms with van der Waals surface area (Å²) in [6, 6.07) is 0.216. The zero-order chi connectivity index (χ0) is 8.97. The van der Waals surface area contributed by atoms with Crippen molar-refractivity contribution in [3.8, 4) is 0 Å². The Labute approximate surface area is 78.7 Å². The summed E-state index contributed by atoms with van der Waals surface area (Å²) in [7, 11) is 0. The molecule has 1 saturated carbocycles. The highest BCUT2D eigenvalue weighted by Crippen LogP contribution is 2.22. The average molecular weight is 190 g/mol. The molecule has 2 unspecified atom stereocenters. The Morgan fingerprint density at radius 2 is 2.17 bits per heavy atom. The van der Waals surface area contributed by atoms with Crippen LogP contribution in [0.1, 0.15) is 39.0 Å². The summed E-state index contributed by atoms with van der Waals surface area (Å²) in [6.45, 7) is 1.86. The lowest BCUT2D eigenvalue weighted by Crippen LogP contribution is -2.42. The van der Waals surface area contributed by atoms with E-state index in [1.165, 1.54) is 12.8 Å². The lowest BCUT2D eigenvalue weighted by atomic mass is 9.95. The first-order valence-corrected chi connectivity index (χ1v) is 5.11. The Morgan fingerprint density at radius 3 is 2.75 bits per heavy atom. The van der Waals surface area contributed by atoms with Crippen LogP contribution >= 0.6 is 11.6 Å². The minimum atomic E-state index is 0.118. The van der Waals surface area contributed by atoms with Crippen LogP contribution in [0.15, 0.2) is 0 Å². The SMILES string of the molecule is CCC(=O)NC1CCCCC1Cl. The minimum Gasteiger partial charge on any atom is -0.352 e. The molecule has 1 amide bonds. The molecule has 3 heteroatoms. The van der Waals surface area contributed by atoms with Crippen molar-refractivity contribution in [1.82, 2.24) is 5.32 Å². The smallest absolute Gasteiger partial charge is 0.219 e. The van der Waals surface area contributed by atoms with Crippen LogP contribution in [0.5, 0.6) is 0 Å². The van der Waals surface area contributed by atoms with E-state index >= 15 is 0 Å². The van der Waals surface area contributed by atoms with Crippen LogP contribution in [-0.2, 0) is 4.79 Å². The molecular weight excluding hydrogens is 174 g/mol. The van der Waals surface area contributed by atoms with Gasteiger partial charge in [0.2, 0.25) is 5.91 Å². The Bertz CT molecular complexity index is 161. The maximum atomic E-state index is 11.1. The van der Waals surface area contributed by atoms with Crippen LogP contribution in [0.2, 0.25) is 0 Å². The Morgan fingerprint density at radius 1 is 1.50 bits per heavy atom. The van der Waals surface area contributed by atoms with Gasteiger partial charge in [0.25, 0.3) is 0 Å². The number of hydrogen-bond acceptors (Lipinski definition) is 1. The van der Waals surface area contributed by atoms with Crippen LogP contribution in [-0.4, -0.2) is 17.3 Å². The second-order valence-electron chi connectivity index (χ2n) is 3.33. The molecular formula is C9H16ClNO. The lowest BCUT2D eigenvalue weighted by molar-refractivity contribution is -0.121. The summed E-state index contributed by atoms with van der Waals surface area (Å²) >= 11 is 6.07. The zero-order valence-corrected chi connectivity index (χ0v) is 8.23. The predicted octanol–water partition coefficient (Wildman–Crippen LogP) is 2.06. The van der Waals surface area contributed by atoms with Crippen molar-refractivity contribution in [3.63, 3.8) is 0 Å². The Balaban J connectivity index is 2.33. The zero-order valence-electron chi connectivity index (χ0n) is 7.48. The Kier molecular flexibility index (Phi) is 3.86. The number of nitrogens with one attached hydrogen (secondary N) is 1. The van der Waals surface area contributed by atoms with Gasteiger partial charge in [-0.25, -0.2) is 0 Å². The van der Waals surface area contributed by atoms with Gasteiger partial charge >= 0.3 is 0 Å². The molecule has 1 fully saturated rings. The van der Waals surface area contributed by atoms with Crippen molar-refractivity contribution < 1.29 is 4.79 Å². The molecule has 0 aromatic carbocycles. The number of rotatable bonds is 2. The van der Waals surface area contributed by atoms with Crippen molar-refractivity contribution in [3.05, 3.63) is 0 Å². The van der Waals surface area contributed by atoms with Crippen LogP contribution in [0.3, 0.4) is 0 Å². The van der Waals surface area contributed by atoms with Gasteiger partial charge in [-0.3, -0.25) is 4.79 Å². The molecule has 1 N–H and O–H groups in total. The molecule has 0 heterocycles. The van der Waals surface area contributed by atoms with Gasteiger partial charge in [-0.1, -0.05) is 19.8 Å². The summed E-state index contributed by atoms with van der Waals surface area (Å²) in [5.74, 6) is 0.118. The summed E-state index contributed by atoms with van der Waals surface area (Å²) in [4.78, 5) is 11.1. The Hall–Kier alpha value is -0.240. The third kappa shape index (κ3) is 2.67. The van der Waals surface area contributed by atoms with Gasteiger partial charge in [0.1, 0.15) is 0 Å². The fourth-order valence-electron chi connectivity index (χ4n) is 1.56. The van der Waals surface area contributed by atoms with E-state index < -0.39 is 0 Å². The molecule has 70 valence electrons. The van der Waals surface area contributed by atoms with E-state index in [1.807, 2.05) is 6.92 Å². The van der Waals surface area contributed by atoms with E-state index in [1.54, 1.807) is 0 Å². The number of amides is 1. The second-order valence-corrected chi connectivity index (χ2v) is 3.89. The molecule has 0 saturated heterocycles. The van der Waals surface area contributed by atoms with Crippen molar-refractivity contribution in [2.75, 3.05) is 0 Å². The lowest BCUT2D eigenvalue weighted by Gasteiger charge is -2.27. The van der Waals surface area contributed by atoms with Gasteiger partial charge in [-0.05, 0) is 12.8 Å². The minimum absolute atomic E-state index is 0.118. The van der Waals surface area contributed by atoms with E-state index in [-0.39, 0.29) is 17.3 Å². The van der Waals surface area contributed by atoms with Crippen LogP contribution < -0.4 is 5.32 Å². The normalized spacial score (nSPS) is 29.8. The first-order chi connectivity index (χ1) is 5.74. The number of alkyl halides is 1. The number of halogens is 1. The van der Waals surface area contributed by atoms with Crippen LogP contribution in [0, 0.1) is 0 Å². The first-order valence-electron chi connectivity index (χ1n) is 4.67. The molecule has 0 aromatic rings. The van der Waals surface area contributed by atoms with Gasteiger partial charge in [0.15, 0.2) is 0 Å². The van der Waals surface area contributed by atoms with Gasteiger partial charge in [0.05, 0.1) is 5.38 Å². The third-order valence-electron chi connectivity index (χ3n) is 2.35. The van der Waals surface area contributed by atoms with E-state index in [4.69, 9.17) is 11.6 Å². The maximum Gasteiger partial charge on any atom is 0.219 e. The molecule has 1 aliphatic carbocycles. The molecule has 0 spiro atoms. The molecule has 0 aliphatic heterocycles. The van der Waals surface area contributed by atoms with Crippen molar-refractivity contribution >= 4 is 17.5 Å². The van der Waals surface area contributed by atoms with Crippen LogP contribution in [0.4, 0.5) is 0 Å².